The van der Waals surface area contributed by atoms with Gasteiger partial charge in [-0.3, -0.25) is 0 Å². The van der Waals surface area contributed by atoms with Crippen molar-refractivity contribution in [3.05, 3.63) is 35.9 Å². The molecule has 3 unspecified atom stereocenters. The van der Waals surface area contributed by atoms with E-state index >= 15 is 0 Å². The average Bonchev–Trinajstić information content (AvgIpc) is 2.48. The summed E-state index contributed by atoms with van der Waals surface area (Å²) >= 11 is 0. The zero-order valence-electron chi connectivity index (χ0n) is 7.98. The Morgan fingerprint density at radius 2 is 1.85 bits per heavy atom. The highest BCUT2D eigenvalue weighted by atomic mass is 16.3. The molecule has 0 aliphatic heterocycles. The van der Waals surface area contributed by atoms with Crippen molar-refractivity contribution in [3.63, 3.8) is 0 Å². The number of aliphatic hydroxyl groups excluding tert-OH is 1. The van der Waals surface area contributed by atoms with E-state index < -0.39 is 0 Å². The van der Waals surface area contributed by atoms with E-state index in [2.05, 4.69) is 19.1 Å². The second-order valence-corrected chi connectivity index (χ2v) is 4.06. The lowest BCUT2D eigenvalue weighted by Gasteiger charge is -2.19. The second-order valence-electron chi connectivity index (χ2n) is 4.06. The fourth-order valence-corrected chi connectivity index (χ4v) is 2.40. The van der Waals surface area contributed by atoms with Crippen LogP contribution in [0.2, 0.25) is 0 Å². The maximum Gasteiger partial charge on any atom is 0.0611 e. The van der Waals surface area contributed by atoms with Crippen LogP contribution in [0.5, 0.6) is 0 Å². The van der Waals surface area contributed by atoms with Crippen molar-refractivity contribution in [2.45, 2.75) is 31.8 Å². The van der Waals surface area contributed by atoms with Crippen LogP contribution >= 0.6 is 0 Å². The zero-order valence-corrected chi connectivity index (χ0v) is 7.98. The Kier molecular flexibility index (Phi) is 2.36. The van der Waals surface area contributed by atoms with E-state index in [1.54, 1.807) is 0 Å². The van der Waals surface area contributed by atoms with E-state index in [4.69, 9.17) is 0 Å². The summed E-state index contributed by atoms with van der Waals surface area (Å²) in [6.45, 7) is 2.23. The average molecular weight is 176 g/mol. The molecule has 1 aromatic rings. The van der Waals surface area contributed by atoms with Gasteiger partial charge in [0.25, 0.3) is 0 Å². The highest BCUT2D eigenvalue weighted by Crippen LogP contribution is 2.39. The van der Waals surface area contributed by atoms with Crippen molar-refractivity contribution >= 4 is 0 Å². The molecule has 1 N–H and O–H groups in total. The van der Waals surface area contributed by atoms with Gasteiger partial charge in [0.05, 0.1) is 6.10 Å². The molecule has 1 nitrogen and oxygen atoms in total. The summed E-state index contributed by atoms with van der Waals surface area (Å²) < 4.78 is 0. The van der Waals surface area contributed by atoms with Crippen molar-refractivity contribution in [2.75, 3.05) is 0 Å². The molecule has 0 spiro atoms. The minimum absolute atomic E-state index is 0.127. The lowest BCUT2D eigenvalue weighted by molar-refractivity contribution is 0.156. The van der Waals surface area contributed by atoms with Gasteiger partial charge in [-0.05, 0) is 24.3 Å². The van der Waals surface area contributed by atoms with Crippen molar-refractivity contribution in [2.24, 2.45) is 5.92 Å². The molecular weight excluding hydrogens is 160 g/mol. The molecule has 0 heterocycles. The SMILES string of the molecule is CC1CCC(O)C1c1ccccc1. The molecule has 1 fully saturated rings. The zero-order chi connectivity index (χ0) is 9.26. The number of hydrogen-bond acceptors (Lipinski definition) is 1. The van der Waals surface area contributed by atoms with Gasteiger partial charge in [-0.25, -0.2) is 0 Å². The second kappa shape index (κ2) is 3.51. The number of benzene rings is 1. The lowest BCUT2D eigenvalue weighted by atomic mass is 9.89. The first-order valence-corrected chi connectivity index (χ1v) is 5.02. The van der Waals surface area contributed by atoms with Gasteiger partial charge in [-0.15, -0.1) is 0 Å². The molecule has 1 saturated carbocycles. The molecule has 2 rings (SSSR count). The monoisotopic (exact) mass is 176 g/mol. The fourth-order valence-electron chi connectivity index (χ4n) is 2.40. The molecule has 0 radical (unpaired) electrons. The van der Waals surface area contributed by atoms with Crippen LogP contribution in [0.4, 0.5) is 0 Å². The molecule has 13 heavy (non-hydrogen) atoms. The van der Waals surface area contributed by atoms with Gasteiger partial charge < -0.3 is 5.11 Å². The van der Waals surface area contributed by atoms with Crippen LogP contribution in [0.3, 0.4) is 0 Å². The van der Waals surface area contributed by atoms with E-state index in [-0.39, 0.29) is 6.10 Å². The van der Waals surface area contributed by atoms with Crippen molar-refractivity contribution in [1.29, 1.82) is 0 Å². The Morgan fingerprint density at radius 1 is 1.15 bits per heavy atom. The summed E-state index contributed by atoms with van der Waals surface area (Å²) in [5.41, 5.74) is 1.29. The molecule has 0 amide bonds. The Hall–Kier alpha value is -0.820. The molecule has 3 atom stereocenters. The van der Waals surface area contributed by atoms with E-state index in [1.807, 2.05) is 18.2 Å². The van der Waals surface area contributed by atoms with Crippen LogP contribution in [0.1, 0.15) is 31.2 Å². The molecule has 70 valence electrons. The third-order valence-corrected chi connectivity index (χ3v) is 3.13. The molecule has 0 saturated heterocycles. The third-order valence-electron chi connectivity index (χ3n) is 3.13. The van der Waals surface area contributed by atoms with E-state index in [9.17, 15) is 5.11 Å². The quantitative estimate of drug-likeness (QED) is 0.697. The van der Waals surface area contributed by atoms with E-state index in [1.165, 1.54) is 5.56 Å². The molecule has 0 bridgehead atoms. The first kappa shape index (κ1) is 8.76. The van der Waals surface area contributed by atoms with Crippen LogP contribution in [-0.4, -0.2) is 11.2 Å². The van der Waals surface area contributed by atoms with Gasteiger partial charge in [0.15, 0.2) is 0 Å². The first-order chi connectivity index (χ1) is 6.29. The van der Waals surface area contributed by atoms with Crippen LogP contribution in [0.15, 0.2) is 30.3 Å². The van der Waals surface area contributed by atoms with Gasteiger partial charge in [-0.1, -0.05) is 37.3 Å². The maximum atomic E-state index is 9.81. The lowest BCUT2D eigenvalue weighted by Crippen LogP contribution is -2.15. The minimum Gasteiger partial charge on any atom is -0.392 e. The van der Waals surface area contributed by atoms with Gasteiger partial charge in [0.1, 0.15) is 0 Å². The molecular formula is C12H16O. The highest BCUT2D eigenvalue weighted by Gasteiger charge is 2.32. The number of rotatable bonds is 1. The Balaban J connectivity index is 2.25. The topological polar surface area (TPSA) is 20.2 Å². The molecule has 1 aliphatic carbocycles. The molecule has 1 aliphatic rings. The summed E-state index contributed by atoms with van der Waals surface area (Å²) in [5.74, 6) is 0.985. The summed E-state index contributed by atoms with van der Waals surface area (Å²) in [5, 5.41) is 9.81. The molecule has 1 heteroatoms. The van der Waals surface area contributed by atoms with Crippen molar-refractivity contribution in [1.82, 2.24) is 0 Å². The summed E-state index contributed by atoms with van der Waals surface area (Å²) in [4.78, 5) is 0. The van der Waals surface area contributed by atoms with Gasteiger partial charge in [0.2, 0.25) is 0 Å². The summed E-state index contributed by atoms with van der Waals surface area (Å²) in [6, 6.07) is 10.4. The Morgan fingerprint density at radius 3 is 2.38 bits per heavy atom. The minimum atomic E-state index is -0.127. The number of hydrogen-bond donors (Lipinski definition) is 1. The first-order valence-electron chi connectivity index (χ1n) is 5.02. The van der Waals surface area contributed by atoms with Gasteiger partial charge in [-0.2, -0.15) is 0 Å². The van der Waals surface area contributed by atoms with Crippen molar-refractivity contribution < 1.29 is 5.11 Å². The maximum absolute atomic E-state index is 9.81. The van der Waals surface area contributed by atoms with Crippen molar-refractivity contribution in [3.8, 4) is 0 Å². The van der Waals surface area contributed by atoms with E-state index in [0.29, 0.717) is 11.8 Å². The largest absolute Gasteiger partial charge is 0.392 e. The molecule has 1 aromatic carbocycles. The molecule has 0 aromatic heterocycles. The Labute approximate surface area is 79.4 Å². The highest BCUT2D eigenvalue weighted by molar-refractivity contribution is 5.22. The predicted octanol–water partition coefficient (Wildman–Crippen LogP) is 2.56. The normalized spacial score (nSPS) is 33.5. The van der Waals surface area contributed by atoms with E-state index in [0.717, 1.165) is 12.8 Å². The Bertz CT molecular complexity index is 258. The van der Waals surface area contributed by atoms with Crippen LogP contribution < -0.4 is 0 Å². The summed E-state index contributed by atoms with van der Waals surface area (Å²) in [7, 11) is 0. The third kappa shape index (κ3) is 1.61. The smallest absolute Gasteiger partial charge is 0.0611 e. The predicted molar refractivity (Wildman–Crippen MR) is 53.6 cm³/mol. The van der Waals surface area contributed by atoms with Gasteiger partial charge >= 0.3 is 0 Å². The summed E-state index contributed by atoms with van der Waals surface area (Å²) in [6.07, 6.45) is 1.99. The van der Waals surface area contributed by atoms with Crippen LogP contribution in [0, 0.1) is 5.92 Å². The number of aliphatic hydroxyl groups is 1. The fraction of sp³-hybridized carbons (Fsp3) is 0.500. The van der Waals surface area contributed by atoms with Gasteiger partial charge in [0, 0.05) is 5.92 Å². The van der Waals surface area contributed by atoms with Crippen LogP contribution in [-0.2, 0) is 0 Å². The standard InChI is InChI=1S/C12H16O/c1-9-7-8-11(13)12(9)10-5-3-2-4-6-10/h2-6,9,11-13H,7-8H2,1H3. The van der Waals surface area contributed by atoms with Crippen LogP contribution in [0.25, 0.3) is 0 Å².